The molecule has 0 saturated carbocycles. The second-order valence-corrected chi connectivity index (χ2v) is 4.12. The number of hydrogen-bond donors (Lipinski definition) is 0. The van der Waals surface area contributed by atoms with E-state index >= 15 is 0 Å². The second kappa shape index (κ2) is 7.01. The lowest BCUT2D eigenvalue weighted by molar-refractivity contribution is 0.327. The summed E-state index contributed by atoms with van der Waals surface area (Å²) in [7, 11) is 0. The Hall–Kier alpha value is -2.72. The van der Waals surface area contributed by atoms with E-state index in [4.69, 9.17) is 20.0 Å². The molecule has 0 spiro atoms. The number of rotatable bonds is 6. The van der Waals surface area contributed by atoms with Gasteiger partial charge < -0.3 is 9.47 Å². The molecule has 0 aliphatic carbocycles. The molecule has 0 amide bonds. The molecule has 4 heteroatoms. The monoisotopic (exact) mass is 266 g/mol. The molecule has 0 aromatic heterocycles. The molecule has 0 heterocycles. The molecule has 0 bridgehead atoms. The zero-order valence-electron chi connectivity index (χ0n) is 11.0. The van der Waals surface area contributed by atoms with E-state index in [-0.39, 0.29) is 0 Å². The molecule has 2 rings (SSSR count). The van der Waals surface area contributed by atoms with Crippen molar-refractivity contribution in [1.82, 2.24) is 0 Å². The average Bonchev–Trinajstić information content (AvgIpc) is 2.48. The van der Waals surface area contributed by atoms with Crippen LogP contribution in [0.1, 0.15) is 12.8 Å². The molecule has 2 aromatic carbocycles. The van der Waals surface area contributed by atoms with E-state index in [1.807, 2.05) is 36.4 Å². The Kier molecular flexibility index (Phi) is 4.81. The highest BCUT2D eigenvalue weighted by Gasteiger charge is 2.06. The summed E-state index contributed by atoms with van der Waals surface area (Å²) >= 11 is 0. The second-order valence-electron chi connectivity index (χ2n) is 4.12. The van der Waals surface area contributed by atoms with Crippen LogP contribution in [0.4, 0.5) is 0 Å². The first-order valence-electron chi connectivity index (χ1n) is 6.38. The van der Waals surface area contributed by atoms with E-state index in [2.05, 4.69) is 12.1 Å². The molecule has 0 atom stereocenters. The lowest BCUT2D eigenvalue weighted by atomic mass is 10.1. The number of nitrogens with zero attached hydrogens (tertiary/aromatic N) is 2. The normalized spacial score (nSPS) is 9.70. The maximum absolute atomic E-state index is 8.55. The highest BCUT2D eigenvalue weighted by molar-refractivity contribution is 5.93. The van der Waals surface area contributed by atoms with Crippen molar-refractivity contribution in [2.45, 2.75) is 12.8 Å². The smallest absolute Gasteiger partial charge is 0.127 e. The third-order valence-electron chi connectivity index (χ3n) is 2.78. The number of nitriles is 2. The topological polar surface area (TPSA) is 66.0 Å². The minimum atomic E-state index is 0.356. The van der Waals surface area contributed by atoms with E-state index in [9.17, 15) is 0 Å². The average molecular weight is 266 g/mol. The van der Waals surface area contributed by atoms with Crippen LogP contribution in [0, 0.1) is 22.7 Å². The summed E-state index contributed by atoms with van der Waals surface area (Å²) < 4.78 is 11.2. The highest BCUT2D eigenvalue weighted by Crippen LogP contribution is 2.32. The molecule has 0 aliphatic rings. The summed E-state index contributed by atoms with van der Waals surface area (Å²) in [6.07, 6.45) is 0.712. The Labute approximate surface area is 117 Å². The van der Waals surface area contributed by atoms with E-state index in [1.54, 1.807) is 0 Å². The Balaban J connectivity index is 2.27. The molecule has 0 radical (unpaired) electrons. The van der Waals surface area contributed by atoms with Gasteiger partial charge >= 0.3 is 0 Å². The summed E-state index contributed by atoms with van der Waals surface area (Å²) in [6.45, 7) is 0.740. The van der Waals surface area contributed by atoms with Crippen molar-refractivity contribution in [2.75, 3.05) is 13.2 Å². The molecule has 0 fully saturated rings. The van der Waals surface area contributed by atoms with Crippen molar-refractivity contribution in [1.29, 1.82) is 10.5 Å². The van der Waals surface area contributed by atoms with Gasteiger partial charge in [-0.1, -0.05) is 24.3 Å². The Morgan fingerprint density at radius 1 is 0.750 bits per heavy atom. The van der Waals surface area contributed by atoms with Gasteiger partial charge in [-0.15, -0.1) is 0 Å². The van der Waals surface area contributed by atoms with Gasteiger partial charge in [-0.3, -0.25) is 0 Å². The predicted octanol–water partition coefficient (Wildman–Crippen LogP) is 3.42. The van der Waals surface area contributed by atoms with Crippen LogP contribution >= 0.6 is 0 Å². The Bertz CT molecular complexity index is 609. The van der Waals surface area contributed by atoms with Gasteiger partial charge in [-0.05, 0) is 12.1 Å². The summed E-state index contributed by atoms with van der Waals surface area (Å²) in [5.74, 6) is 1.48. The minimum absolute atomic E-state index is 0.356. The van der Waals surface area contributed by atoms with Crippen LogP contribution in [0.3, 0.4) is 0 Å². The van der Waals surface area contributed by atoms with Gasteiger partial charge in [0.05, 0.1) is 25.0 Å². The van der Waals surface area contributed by atoms with Gasteiger partial charge in [0, 0.05) is 10.8 Å². The van der Waals surface area contributed by atoms with Gasteiger partial charge in [-0.25, -0.2) is 0 Å². The fourth-order valence-electron chi connectivity index (χ4n) is 1.92. The highest BCUT2D eigenvalue weighted by atomic mass is 16.5. The van der Waals surface area contributed by atoms with Gasteiger partial charge in [0.15, 0.2) is 0 Å². The van der Waals surface area contributed by atoms with Crippen LogP contribution in [0.25, 0.3) is 10.8 Å². The molecular formula is C16H14N2O2. The Morgan fingerprint density at radius 3 is 1.60 bits per heavy atom. The summed E-state index contributed by atoms with van der Waals surface area (Å²) in [5.41, 5.74) is 0. The predicted molar refractivity (Wildman–Crippen MR) is 75.4 cm³/mol. The van der Waals surface area contributed by atoms with E-state index in [0.717, 1.165) is 22.3 Å². The fraction of sp³-hybridized carbons (Fsp3) is 0.250. The first-order chi connectivity index (χ1) is 9.86. The van der Waals surface area contributed by atoms with E-state index < -0.39 is 0 Å². The van der Waals surface area contributed by atoms with Crippen LogP contribution in [-0.4, -0.2) is 13.2 Å². The van der Waals surface area contributed by atoms with Crippen molar-refractivity contribution in [3.63, 3.8) is 0 Å². The van der Waals surface area contributed by atoms with Crippen molar-refractivity contribution >= 4 is 10.8 Å². The van der Waals surface area contributed by atoms with E-state index in [0.29, 0.717) is 26.1 Å². The molecular weight excluding hydrogens is 252 g/mol. The number of ether oxygens (including phenoxy) is 2. The maximum atomic E-state index is 8.55. The minimum Gasteiger partial charge on any atom is -0.492 e. The summed E-state index contributed by atoms with van der Waals surface area (Å²) in [4.78, 5) is 0. The van der Waals surface area contributed by atoms with Gasteiger partial charge in [0.25, 0.3) is 0 Å². The number of benzene rings is 2. The molecule has 0 saturated heterocycles. The largest absolute Gasteiger partial charge is 0.492 e. The third kappa shape index (κ3) is 3.18. The first-order valence-corrected chi connectivity index (χ1v) is 6.38. The third-order valence-corrected chi connectivity index (χ3v) is 2.78. The zero-order chi connectivity index (χ0) is 14.2. The molecule has 2 aromatic rings. The van der Waals surface area contributed by atoms with Crippen LogP contribution in [0.5, 0.6) is 11.5 Å². The number of fused-ring (bicyclic) bond motifs is 1. The van der Waals surface area contributed by atoms with Crippen LogP contribution < -0.4 is 9.47 Å². The fourth-order valence-corrected chi connectivity index (χ4v) is 1.92. The quantitative estimate of drug-likeness (QED) is 0.751. The molecule has 100 valence electrons. The standard InChI is InChI=1S/C16H14N2O2/c17-9-3-11-19-15-7-1-5-13-14(15)6-2-8-16(13)20-12-4-10-18/h1-2,5-8H,3-4,11-12H2. The van der Waals surface area contributed by atoms with E-state index in [1.165, 1.54) is 0 Å². The summed E-state index contributed by atoms with van der Waals surface area (Å²) in [5, 5.41) is 19.0. The van der Waals surface area contributed by atoms with Crippen molar-refractivity contribution in [3.8, 4) is 23.6 Å². The van der Waals surface area contributed by atoms with Crippen LogP contribution in [0.15, 0.2) is 36.4 Å². The molecule has 0 unspecified atom stereocenters. The molecule has 0 N–H and O–H groups in total. The first kappa shape index (κ1) is 13.7. The van der Waals surface area contributed by atoms with Crippen LogP contribution in [0.2, 0.25) is 0 Å². The lowest BCUT2D eigenvalue weighted by Gasteiger charge is -2.11. The lowest BCUT2D eigenvalue weighted by Crippen LogP contribution is -1.98. The molecule has 0 aliphatic heterocycles. The van der Waals surface area contributed by atoms with Gasteiger partial charge in [0.2, 0.25) is 0 Å². The van der Waals surface area contributed by atoms with Crippen LogP contribution in [-0.2, 0) is 0 Å². The van der Waals surface area contributed by atoms with Crippen molar-refractivity contribution in [3.05, 3.63) is 36.4 Å². The van der Waals surface area contributed by atoms with Gasteiger partial charge in [0.1, 0.15) is 24.7 Å². The summed E-state index contributed by atoms with van der Waals surface area (Å²) in [6, 6.07) is 15.5. The SMILES string of the molecule is N#CCCOc1cccc2c(OCCC#N)cccc12. The Morgan fingerprint density at radius 2 is 1.20 bits per heavy atom. The maximum Gasteiger partial charge on any atom is 0.127 e. The zero-order valence-corrected chi connectivity index (χ0v) is 11.0. The number of hydrogen-bond acceptors (Lipinski definition) is 4. The molecule has 4 nitrogen and oxygen atoms in total. The molecule has 20 heavy (non-hydrogen) atoms. The van der Waals surface area contributed by atoms with Crippen molar-refractivity contribution in [2.24, 2.45) is 0 Å². The van der Waals surface area contributed by atoms with Gasteiger partial charge in [-0.2, -0.15) is 10.5 Å². The van der Waals surface area contributed by atoms with Crippen molar-refractivity contribution < 1.29 is 9.47 Å².